The lowest BCUT2D eigenvalue weighted by Crippen LogP contribution is -2.10. The van der Waals surface area contributed by atoms with Gasteiger partial charge in [-0.2, -0.15) is 0 Å². The average Bonchev–Trinajstić information content (AvgIpc) is 3.08. The van der Waals surface area contributed by atoms with Gasteiger partial charge in [-0.1, -0.05) is 6.07 Å². The highest BCUT2D eigenvalue weighted by Gasteiger charge is 2.31. The summed E-state index contributed by atoms with van der Waals surface area (Å²) >= 11 is 0. The molecule has 0 aliphatic heterocycles. The fourth-order valence-corrected chi connectivity index (χ4v) is 2.87. The van der Waals surface area contributed by atoms with Crippen molar-refractivity contribution in [2.45, 2.75) is 50.5 Å². The number of rotatable bonds is 4. The summed E-state index contributed by atoms with van der Waals surface area (Å²) in [6.07, 6.45) is 8.80. The van der Waals surface area contributed by atoms with E-state index in [2.05, 4.69) is 11.1 Å². The zero-order valence-corrected chi connectivity index (χ0v) is 9.60. The van der Waals surface area contributed by atoms with Gasteiger partial charge in [-0.25, -0.2) is 0 Å². The van der Waals surface area contributed by atoms with Gasteiger partial charge in [0.25, 0.3) is 0 Å². The molecule has 1 aromatic rings. The van der Waals surface area contributed by atoms with Crippen LogP contribution in [0.3, 0.4) is 0 Å². The monoisotopic (exact) mass is 217 g/mol. The maximum atomic E-state index is 9.88. The van der Waals surface area contributed by atoms with Gasteiger partial charge >= 0.3 is 0 Å². The molecule has 16 heavy (non-hydrogen) atoms. The molecular weight excluding hydrogens is 198 g/mol. The van der Waals surface area contributed by atoms with Crippen LogP contribution >= 0.6 is 0 Å². The third-order valence-corrected chi connectivity index (χ3v) is 4.05. The second kappa shape index (κ2) is 4.17. The first-order valence-electron chi connectivity index (χ1n) is 6.46. The van der Waals surface area contributed by atoms with Crippen LogP contribution < -0.4 is 0 Å². The Kier molecular flexibility index (Phi) is 2.68. The Bertz CT molecular complexity index is 373. The first-order chi connectivity index (χ1) is 7.84. The molecular formula is C14H19NO. The molecule has 2 nitrogen and oxygen atoms in total. The molecule has 0 radical (unpaired) electrons. The Morgan fingerprint density at radius 3 is 3.06 bits per heavy atom. The first kappa shape index (κ1) is 10.3. The molecule has 2 aliphatic rings. The lowest BCUT2D eigenvalue weighted by atomic mass is 9.97. The van der Waals surface area contributed by atoms with Gasteiger partial charge in [0.05, 0.1) is 6.10 Å². The van der Waals surface area contributed by atoms with Crippen LogP contribution in [0.1, 0.15) is 49.3 Å². The van der Waals surface area contributed by atoms with Gasteiger partial charge in [0, 0.05) is 17.8 Å². The minimum Gasteiger partial charge on any atom is -0.393 e. The summed E-state index contributed by atoms with van der Waals surface area (Å²) in [7, 11) is 0. The number of fused-ring (bicyclic) bond motifs is 1. The summed E-state index contributed by atoms with van der Waals surface area (Å²) < 4.78 is 0. The van der Waals surface area contributed by atoms with Gasteiger partial charge in [-0.3, -0.25) is 4.98 Å². The number of aliphatic hydroxyl groups is 1. The van der Waals surface area contributed by atoms with Crippen molar-refractivity contribution in [2.75, 3.05) is 0 Å². The number of aliphatic hydroxyl groups excluding tert-OH is 1. The van der Waals surface area contributed by atoms with E-state index in [1.165, 1.54) is 36.9 Å². The zero-order chi connectivity index (χ0) is 11.0. The van der Waals surface area contributed by atoms with E-state index in [0.29, 0.717) is 11.8 Å². The molecule has 2 atom stereocenters. The number of aromatic nitrogens is 1. The van der Waals surface area contributed by atoms with Crippen LogP contribution in [0.5, 0.6) is 0 Å². The largest absolute Gasteiger partial charge is 0.393 e. The minimum absolute atomic E-state index is 0.0484. The normalized spacial score (nSPS) is 25.4. The van der Waals surface area contributed by atoms with Crippen LogP contribution in [-0.2, 0) is 6.42 Å². The number of hydrogen-bond donors (Lipinski definition) is 1. The molecule has 1 heterocycles. The van der Waals surface area contributed by atoms with Crippen molar-refractivity contribution in [2.24, 2.45) is 5.92 Å². The summed E-state index contributed by atoms with van der Waals surface area (Å²) in [5.41, 5.74) is 2.72. The van der Waals surface area contributed by atoms with Crippen molar-refractivity contribution in [3.8, 4) is 0 Å². The van der Waals surface area contributed by atoms with E-state index < -0.39 is 0 Å². The maximum absolute atomic E-state index is 9.88. The van der Waals surface area contributed by atoms with Crippen LogP contribution in [0.2, 0.25) is 0 Å². The van der Waals surface area contributed by atoms with Crippen molar-refractivity contribution in [3.63, 3.8) is 0 Å². The molecule has 1 N–H and O–H groups in total. The predicted octanol–water partition coefficient (Wildman–Crippen LogP) is 2.66. The summed E-state index contributed by atoms with van der Waals surface area (Å²) in [6, 6.07) is 4.22. The topological polar surface area (TPSA) is 33.1 Å². The molecule has 1 aromatic heterocycles. The molecule has 0 amide bonds. The van der Waals surface area contributed by atoms with E-state index in [0.717, 1.165) is 12.8 Å². The molecule has 1 fully saturated rings. The summed E-state index contributed by atoms with van der Waals surface area (Å²) in [4.78, 5) is 4.50. The second-order valence-electron chi connectivity index (χ2n) is 5.27. The minimum atomic E-state index is -0.0484. The second-order valence-corrected chi connectivity index (χ2v) is 5.27. The summed E-state index contributed by atoms with van der Waals surface area (Å²) in [6.45, 7) is 0. The van der Waals surface area contributed by atoms with Crippen LogP contribution in [-0.4, -0.2) is 16.2 Å². The highest BCUT2D eigenvalue weighted by molar-refractivity contribution is 5.28. The molecule has 2 unspecified atom stereocenters. The number of aryl methyl sites for hydroxylation is 1. The SMILES string of the molecule is OC(CCC1CCc2cccnc21)C1CC1. The van der Waals surface area contributed by atoms with Crippen LogP contribution in [0.15, 0.2) is 18.3 Å². The standard InChI is InChI=1S/C14H19NO/c16-13(10-3-4-10)8-7-12-6-5-11-2-1-9-15-14(11)12/h1-2,9-10,12-13,16H,3-8H2. The Morgan fingerprint density at radius 1 is 1.38 bits per heavy atom. The van der Waals surface area contributed by atoms with Crippen molar-refractivity contribution < 1.29 is 5.11 Å². The van der Waals surface area contributed by atoms with E-state index >= 15 is 0 Å². The van der Waals surface area contributed by atoms with Gasteiger partial charge < -0.3 is 5.11 Å². The zero-order valence-electron chi connectivity index (χ0n) is 9.60. The Labute approximate surface area is 96.7 Å². The summed E-state index contributed by atoms with van der Waals surface area (Å²) in [5.74, 6) is 1.22. The molecule has 0 saturated heterocycles. The van der Waals surface area contributed by atoms with Crippen molar-refractivity contribution in [1.29, 1.82) is 0 Å². The van der Waals surface area contributed by atoms with Crippen LogP contribution in [0.25, 0.3) is 0 Å². The maximum Gasteiger partial charge on any atom is 0.0568 e. The smallest absolute Gasteiger partial charge is 0.0568 e. The molecule has 0 spiro atoms. The lowest BCUT2D eigenvalue weighted by Gasteiger charge is -2.13. The van der Waals surface area contributed by atoms with Gasteiger partial charge in [-0.15, -0.1) is 0 Å². The van der Waals surface area contributed by atoms with E-state index in [1.807, 2.05) is 12.3 Å². The van der Waals surface area contributed by atoms with E-state index in [4.69, 9.17) is 0 Å². The molecule has 2 aliphatic carbocycles. The molecule has 0 aromatic carbocycles. The van der Waals surface area contributed by atoms with Crippen molar-refractivity contribution in [1.82, 2.24) is 4.98 Å². The van der Waals surface area contributed by atoms with Gasteiger partial charge in [0.15, 0.2) is 0 Å². The number of nitrogens with zero attached hydrogens (tertiary/aromatic N) is 1. The Morgan fingerprint density at radius 2 is 2.25 bits per heavy atom. The lowest BCUT2D eigenvalue weighted by molar-refractivity contribution is 0.136. The van der Waals surface area contributed by atoms with Gasteiger partial charge in [-0.05, 0) is 56.1 Å². The highest BCUT2D eigenvalue weighted by atomic mass is 16.3. The Hall–Kier alpha value is -0.890. The van der Waals surface area contributed by atoms with E-state index in [1.54, 1.807) is 0 Å². The third-order valence-electron chi connectivity index (χ3n) is 4.05. The van der Waals surface area contributed by atoms with Gasteiger partial charge in [0.2, 0.25) is 0 Å². The van der Waals surface area contributed by atoms with E-state index in [9.17, 15) is 5.11 Å². The molecule has 86 valence electrons. The number of pyridine rings is 1. The fourth-order valence-electron chi connectivity index (χ4n) is 2.87. The molecule has 3 rings (SSSR count). The van der Waals surface area contributed by atoms with Gasteiger partial charge in [0.1, 0.15) is 0 Å². The van der Waals surface area contributed by atoms with Crippen molar-refractivity contribution >= 4 is 0 Å². The number of hydrogen-bond acceptors (Lipinski definition) is 2. The fraction of sp³-hybridized carbons (Fsp3) is 0.643. The van der Waals surface area contributed by atoms with Crippen LogP contribution in [0, 0.1) is 5.92 Å². The highest BCUT2D eigenvalue weighted by Crippen LogP contribution is 2.38. The van der Waals surface area contributed by atoms with Crippen LogP contribution in [0.4, 0.5) is 0 Å². The average molecular weight is 217 g/mol. The third kappa shape index (κ3) is 1.99. The molecule has 1 saturated carbocycles. The van der Waals surface area contributed by atoms with E-state index in [-0.39, 0.29) is 6.10 Å². The Balaban J connectivity index is 1.60. The predicted molar refractivity (Wildman–Crippen MR) is 63.3 cm³/mol. The molecule has 0 bridgehead atoms. The molecule has 2 heteroatoms. The quantitative estimate of drug-likeness (QED) is 0.841. The summed E-state index contributed by atoms with van der Waals surface area (Å²) in [5, 5.41) is 9.88. The first-order valence-corrected chi connectivity index (χ1v) is 6.46. The van der Waals surface area contributed by atoms with Crippen molar-refractivity contribution in [3.05, 3.63) is 29.6 Å².